The van der Waals surface area contributed by atoms with Crippen molar-refractivity contribution in [3.63, 3.8) is 0 Å². The lowest BCUT2D eigenvalue weighted by Crippen LogP contribution is -2.26. The van der Waals surface area contributed by atoms with Crippen LogP contribution >= 0.6 is 15.9 Å². The molecule has 0 spiro atoms. The Kier molecular flexibility index (Phi) is 3.33. The summed E-state index contributed by atoms with van der Waals surface area (Å²) >= 11 is 3.43. The van der Waals surface area contributed by atoms with Crippen LogP contribution in [0.4, 0.5) is 11.4 Å². The van der Waals surface area contributed by atoms with Gasteiger partial charge in [-0.2, -0.15) is 0 Å². The van der Waals surface area contributed by atoms with Crippen LogP contribution in [0.1, 0.15) is 13.3 Å². The summed E-state index contributed by atoms with van der Waals surface area (Å²) < 4.78 is 6.51. The van der Waals surface area contributed by atoms with E-state index in [1.165, 1.54) is 0 Å². The number of benzene rings is 1. The van der Waals surface area contributed by atoms with Crippen LogP contribution in [0.15, 0.2) is 28.9 Å². The van der Waals surface area contributed by atoms with Crippen molar-refractivity contribution in [1.82, 2.24) is 4.98 Å². The monoisotopic (exact) mass is 321 g/mol. The number of nitrogens with one attached hydrogen (secondary N) is 1. The predicted molar refractivity (Wildman–Crippen MR) is 81.3 cm³/mol. The summed E-state index contributed by atoms with van der Waals surface area (Å²) in [6.45, 7) is 2.90. The molecule has 2 aromatic rings. The van der Waals surface area contributed by atoms with Gasteiger partial charge in [0.15, 0.2) is 0 Å². The summed E-state index contributed by atoms with van der Waals surface area (Å²) in [6.07, 6.45) is 3.04. The van der Waals surface area contributed by atoms with Crippen molar-refractivity contribution >= 4 is 38.2 Å². The fourth-order valence-corrected chi connectivity index (χ4v) is 2.78. The van der Waals surface area contributed by atoms with Crippen LogP contribution in [0.5, 0.6) is 0 Å². The third kappa shape index (κ3) is 2.40. The Morgan fingerprint density at radius 2 is 2.32 bits per heavy atom. The van der Waals surface area contributed by atoms with E-state index in [4.69, 9.17) is 10.5 Å². The minimum Gasteiger partial charge on any atom is -0.398 e. The van der Waals surface area contributed by atoms with Gasteiger partial charge in [0.05, 0.1) is 23.3 Å². The number of pyridine rings is 1. The maximum Gasteiger partial charge on any atom is 0.0954 e. The van der Waals surface area contributed by atoms with Crippen LogP contribution in [0, 0.1) is 0 Å². The van der Waals surface area contributed by atoms with E-state index in [9.17, 15) is 0 Å². The average Bonchev–Trinajstić information content (AvgIpc) is 2.79. The molecule has 2 unspecified atom stereocenters. The number of ether oxygens (including phenoxy) is 1. The molecule has 2 atom stereocenters. The normalized spacial score (nSPS) is 22.8. The van der Waals surface area contributed by atoms with Gasteiger partial charge >= 0.3 is 0 Å². The first-order valence-electron chi connectivity index (χ1n) is 6.37. The number of hydrogen-bond acceptors (Lipinski definition) is 4. The molecule has 3 N–H and O–H groups in total. The second kappa shape index (κ2) is 4.98. The van der Waals surface area contributed by atoms with E-state index in [0.717, 1.165) is 39.8 Å². The van der Waals surface area contributed by atoms with Crippen molar-refractivity contribution in [1.29, 1.82) is 0 Å². The van der Waals surface area contributed by atoms with E-state index >= 15 is 0 Å². The number of aromatic nitrogens is 1. The van der Waals surface area contributed by atoms with Crippen LogP contribution in [-0.2, 0) is 4.74 Å². The van der Waals surface area contributed by atoms with Gasteiger partial charge in [0.2, 0.25) is 0 Å². The van der Waals surface area contributed by atoms with Gasteiger partial charge in [-0.25, -0.2) is 0 Å². The summed E-state index contributed by atoms with van der Waals surface area (Å²) in [6, 6.07) is 6.23. The van der Waals surface area contributed by atoms with Gasteiger partial charge in [0.25, 0.3) is 0 Å². The molecule has 2 heterocycles. The molecule has 4 nitrogen and oxygen atoms in total. The fraction of sp³-hybridized carbons (Fsp3) is 0.357. The highest BCUT2D eigenvalue weighted by atomic mass is 79.9. The van der Waals surface area contributed by atoms with Crippen molar-refractivity contribution < 1.29 is 4.74 Å². The van der Waals surface area contributed by atoms with Crippen molar-refractivity contribution in [3.8, 4) is 0 Å². The number of hydrogen-bond donors (Lipinski definition) is 2. The Morgan fingerprint density at radius 3 is 3.05 bits per heavy atom. The van der Waals surface area contributed by atoms with E-state index < -0.39 is 0 Å². The molecule has 100 valence electrons. The van der Waals surface area contributed by atoms with Gasteiger partial charge in [-0.15, -0.1) is 0 Å². The van der Waals surface area contributed by atoms with Crippen LogP contribution in [0.25, 0.3) is 10.9 Å². The van der Waals surface area contributed by atoms with E-state index in [1.54, 1.807) is 6.20 Å². The number of halogens is 1. The summed E-state index contributed by atoms with van der Waals surface area (Å²) in [5.74, 6) is 0. The molecule has 0 saturated carbocycles. The van der Waals surface area contributed by atoms with Gasteiger partial charge in [0, 0.05) is 28.4 Å². The molecule has 1 aromatic carbocycles. The molecule has 0 amide bonds. The zero-order chi connectivity index (χ0) is 13.4. The Hall–Kier alpha value is -1.33. The molecular weight excluding hydrogens is 306 g/mol. The first-order chi connectivity index (χ1) is 9.15. The molecule has 1 saturated heterocycles. The molecule has 0 bridgehead atoms. The quantitative estimate of drug-likeness (QED) is 0.834. The summed E-state index contributed by atoms with van der Waals surface area (Å²) in [5.41, 5.74) is 8.67. The largest absolute Gasteiger partial charge is 0.398 e. The van der Waals surface area contributed by atoms with Crippen LogP contribution in [0.3, 0.4) is 0 Å². The summed E-state index contributed by atoms with van der Waals surface area (Å²) in [4.78, 5) is 4.48. The highest BCUT2D eigenvalue weighted by molar-refractivity contribution is 9.10. The molecule has 0 aliphatic carbocycles. The number of nitrogen functional groups attached to an aromatic ring is 1. The third-order valence-electron chi connectivity index (χ3n) is 3.57. The van der Waals surface area contributed by atoms with E-state index in [1.807, 2.05) is 18.2 Å². The number of rotatable bonds is 2. The van der Waals surface area contributed by atoms with Gasteiger partial charge < -0.3 is 15.8 Å². The average molecular weight is 322 g/mol. The second-order valence-corrected chi connectivity index (χ2v) is 5.78. The molecule has 1 aliphatic heterocycles. The van der Waals surface area contributed by atoms with Crippen molar-refractivity contribution in [2.45, 2.75) is 25.5 Å². The Balaban J connectivity index is 2.02. The van der Waals surface area contributed by atoms with E-state index in [0.29, 0.717) is 6.04 Å². The summed E-state index contributed by atoms with van der Waals surface area (Å²) in [5, 5.41) is 4.49. The zero-order valence-electron chi connectivity index (χ0n) is 10.7. The topological polar surface area (TPSA) is 60.2 Å². The first-order valence-corrected chi connectivity index (χ1v) is 7.16. The maximum absolute atomic E-state index is 6.02. The SMILES string of the molecule is CC1OCCC1Nc1ccc(N)c2cc(Br)cnc12. The highest BCUT2D eigenvalue weighted by Gasteiger charge is 2.24. The molecule has 5 heteroatoms. The Morgan fingerprint density at radius 1 is 1.47 bits per heavy atom. The lowest BCUT2D eigenvalue weighted by molar-refractivity contribution is 0.121. The minimum absolute atomic E-state index is 0.225. The van der Waals surface area contributed by atoms with Gasteiger partial charge in [-0.3, -0.25) is 4.98 Å². The number of nitrogens with two attached hydrogens (primary N) is 1. The lowest BCUT2D eigenvalue weighted by Gasteiger charge is -2.19. The smallest absolute Gasteiger partial charge is 0.0954 e. The molecule has 1 fully saturated rings. The third-order valence-corrected chi connectivity index (χ3v) is 4.00. The van der Waals surface area contributed by atoms with Crippen molar-refractivity contribution in [2.75, 3.05) is 17.7 Å². The standard InChI is InChI=1S/C14H16BrN3O/c1-8-12(4-5-19-8)18-13-3-2-11(16)10-6-9(15)7-17-14(10)13/h2-3,6-8,12,18H,4-5,16H2,1H3. The zero-order valence-corrected chi connectivity index (χ0v) is 12.3. The predicted octanol–water partition coefficient (Wildman–Crippen LogP) is 3.17. The van der Waals surface area contributed by atoms with Gasteiger partial charge in [0.1, 0.15) is 0 Å². The van der Waals surface area contributed by atoms with Crippen molar-refractivity contribution in [2.24, 2.45) is 0 Å². The van der Waals surface area contributed by atoms with E-state index in [2.05, 4.69) is 33.2 Å². The molecule has 0 radical (unpaired) electrons. The number of fused-ring (bicyclic) bond motifs is 1. The maximum atomic E-state index is 6.02. The molecule has 1 aliphatic rings. The molecule has 1 aromatic heterocycles. The summed E-state index contributed by atoms with van der Waals surface area (Å²) in [7, 11) is 0. The minimum atomic E-state index is 0.225. The van der Waals surface area contributed by atoms with Crippen LogP contribution in [0.2, 0.25) is 0 Å². The van der Waals surface area contributed by atoms with Crippen LogP contribution in [-0.4, -0.2) is 23.7 Å². The number of nitrogens with zero attached hydrogens (tertiary/aromatic N) is 1. The second-order valence-electron chi connectivity index (χ2n) is 4.87. The number of anilines is 2. The van der Waals surface area contributed by atoms with Gasteiger partial charge in [-0.05, 0) is 47.5 Å². The molecule has 19 heavy (non-hydrogen) atoms. The lowest BCUT2D eigenvalue weighted by atomic mass is 10.1. The Bertz CT molecular complexity index is 617. The fourth-order valence-electron chi connectivity index (χ4n) is 2.45. The first kappa shape index (κ1) is 12.7. The highest BCUT2D eigenvalue weighted by Crippen LogP contribution is 2.30. The van der Waals surface area contributed by atoms with Crippen LogP contribution < -0.4 is 11.1 Å². The molecule has 3 rings (SSSR count). The van der Waals surface area contributed by atoms with E-state index in [-0.39, 0.29) is 6.10 Å². The van der Waals surface area contributed by atoms with Crippen molar-refractivity contribution in [3.05, 3.63) is 28.9 Å². The Labute approximate surface area is 120 Å². The molecular formula is C14H16BrN3O. The van der Waals surface area contributed by atoms with Gasteiger partial charge in [-0.1, -0.05) is 0 Å².